The summed E-state index contributed by atoms with van der Waals surface area (Å²) in [6, 6.07) is 0.324. The van der Waals surface area contributed by atoms with Gasteiger partial charge in [0.1, 0.15) is 10.8 Å². The molecule has 2 N–H and O–H groups in total. The Morgan fingerprint density at radius 2 is 2.41 bits per heavy atom. The van der Waals surface area contributed by atoms with Crippen molar-refractivity contribution in [3.63, 3.8) is 0 Å². The highest BCUT2D eigenvalue weighted by Crippen LogP contribution is 2.20. The second-order valence-corrected chi connectivity index (χ2v) is 5.22. The highest BCUT2D eigenvalue weighted by Gasteiger charge is 2.19. The molecule has 0 bridgehead atoms. The second kappa shape index (κ2) is 4.93. The van der Waals surface area contributed by atoms with Crippen molar-refractivity contribution in [3.8, 4) is 0 Å². The fourth-order valence-corrected chi connectivity index (χ4v) is 2.72. The molecule has 1 aliphatic heterocycles. The van der Waals surface area contributed by atoms with Crippen LogP contribution in [-0.2, 0) is 6.42 Å². The van der Waals surface area contributed by atoms with E-state index in [0.717, 1.165) is 36.0 Å². The van der Waals surface area contributed by atoms with Gasteiger partial charge in [-0.05, 0) is 19.4 Å². The minimum Gasteiger partial charge on any atom is -0.307 e. The number of rotatable bonds is 3. The van der Waals surface area contributed by atoms with Crippen molar-refractivity contribution in [2.24, 2.45) is 0 Å². The Bertz CT molecular complexity index is 458. The fraction of sp³-hybridized carbons (Fsp3) is 0.545. The van der Waals surface area contributed by atoms with E-state index in [-0.39, 0.29) is 0 Å². The first-order chi connectivity index (χ1) is 8.42. The molecule has 90 valence electrons. The average molecular weight is 249 g/mol. The van der Waals surface area contributed by atoms with Gasteiger partial charge >= 0.3 is 0 Å². The van der Waals surface area contributed by atoms with E-state index < -0.39 is 0 Å². The largest absolute Gasteiger partial charge is 0.307 e. The van der Waals surface area contributed by atoms with E-state index in [1.807, 2.05) is 11.6 Å². The van der Waals surface area contributed by atoms with E-state index in [1.54, 1.807) is 11.3 Å². The Hall–Kier alpha value is -1.27. The number of nitrogens with one attached hydrogen (secondary N) is 2. The SMILES string of the molecule is c1csc(Cc2nc(C3CCCCN3)n[nH]2)n1. The summed E-state index contributed by atoms with van der Waals surface area (Å²) in [4.78, 5) is 8.79. The molecule has 2 aromatic heterocycles. The van der Waals surface area contributed by atoms with Crippen LogP contribution >= 0.6 is 11.3 Å². The molecule has 1 aliphatic rings. The lowest BCUT2D eigenvalue weighted by molar-refractivity contribution is 0.398. The zero-order valence-corrected chi connectivity index (χ0v) is 10.3. The molecule has 3 rings (SSSR count). The number of thiazole rings is 1. The van der Waals surface area contributed by atoms with E-state index >= 15 is 0 Å². The highest BCUT2D eigenvalue weighted by atomic mass is 32.1. The number of aromatic amines is 1. The van der Waals surface area contributed by atoms with Crippen LogP contribution < -0.4 is 5.32 Å². The van der Waals surface area contributed by atoms with E-state index in [0.29, 0.717) is 6.04 Å². The summed E-state index contributed by atoms with van der Waals surface area (Å²) in [5.41, 5.74) is 0. The number of piperidine rings is 1. The van der Waals surface area contributed by atoms with Gasteiger partial charge in [-0.3, -0.25) is 5.10 Å². The minimum absolute atomic E-state index is 0.324. The molecule has 6 heteroatoms. The summed E-state index contributed by atoms with van der Waals surface area (Å²) in [7, 11) is 0. The van der Waals surface area contributed by atoms with Crippen LogP contribution in [0.1, 0.15) is 42.0 Å². The quantitative estimate of drug-likeness (QED) is 0.868. The standard InChI is InChI=1S/C11H15N5S/c1-2-4-12-8(3-1)11-14-9(15-16-11)7-10-13-5-6-17-10/h5-6,8,12H,1-4,7H2,(H,14,15,16). The molecule has 3 heterocycles. The molecule has 1 saturated heterocycles. The Labute approximate surface area is 104 Å². The lowest BCUT2D eigenvalue weighted by Crippen LogP contribution is -2.27. The lowest BCUT2D eigenvalue weighted by atomic mass is 10.0. The van der Waals surface area contributed by atoms with Crippen LogP contribution in [0.15, 0.2) is 11.6 Å². The average Bonchev–Trinajstić information content (AvgIpc) is 3.02. The molecule has 0 spiro atoms. The first-order valence-corrected chi connectivity index (χ1v) is 6.83. The maximum atomic E-state index is 4.55. The van der Waals surface area contributed by atoms with Crippen molar-refractivity contribution in [3.05, 3.63) is 28.2 Å². The number of nitrogens with zero attached hydrogens (tertiary/aromatic N) is 3. The topological polar surface area (TPSA) is 66.5 Å². The molecule has 0 amide bonds. The maximum Gasteiger partial charge on any atom is 0.167 e. The Balaban J connectivity index is 1.69. The first kappa shape index (κ1) is 10.9. The molecule has 0 radical (unpaired) electrons. The third-order valence-electron chi connectivity index (χ3n) is 2.97. The van der Waals surface area contributed by atoms with Crippen molar-refractivity contribution in [1.82, 2.24) is 25.5 Å². The normalized spacial score (nSPS) is 20.6. The monoisotopic (exact) mass is 249 g/mol. The molecule has 0 aliphatic carbocycles. The van der Waals surface area contributed by atoms with Gasteiger partial charge in [0.2, 0.25) is 0 Å². The molecule has 0 saturated carbocycles. The van der Waals surface area contributed by atoms with Crippen LogP contribution in [0.2, 0.25) is 0 Å². The van der Waals surface area contributed by atoms with Crippen molar-refractivity contribution in [2.75, 3.05) is 6.54 Å². The molecule has 17 heavy (non-hydrogen) atoms. The summed E-state index contributed by atoms with van der Waals surface area (Å²) in [5, 5.41) is 13.8. The predicted molar refractivity (Wildman–Crippen MR) is 65.9 cm³/mol. The summed E-state index contributed by atoms with van der Waals surface area (Å²) in [6.07, 6.45) is 6.22. The number of hydrogen-bond acceptors (Lipinski definition) is 5. The smallest absolute Gasteiger partial charge is 0.167 e. The summed E-state index contributed by atoms with van der Waals surface area (Å²) in [6.45, 7) is 1.07. The third-order valence-corrected chi connectivity index (χ3v) is 3.75. The van der Waals surface area contributed by atoms with Crippen molar-refractivity contribution in [2.45, 2.75) is 31.7 Å². The molecule has 5 nitrogen and oxygen atoms in total. The van der Waals surface area contributed by atoms with Gasteiger partial charge < -0.3 is 5.32 Å². The van der Waals surface area contributed by atoms with Crippen LogP contribution in [0.5, 0.6) is 0 Å². The van der Waals surface area contributed by atoms with E-state index in [4.69, 9.17) is 0 Å². The molecule has 1 atom stereocenters. The molecular weight excluding hydrogens is 234 g/mol. The van der Waals surface area contributed by atoms with Gasteiger partial charge in [0.05, 0.1) is 12.5 Å². The number of aromatic nitrogens is 4. The fourth-order valence-electron chi connectivity index (χ4n) is 2.10. The summed E-state index contributed by atoms with van der Waals surface area (Å²) >= 11 is 1.65. The molecule has 1 fully saturated rings. The predicted octanol–water partition coefficient (Wildman–Crippen LogP) is 1.67. The van der Waals surface area contributed by atoms with Crippen LogP contribution in [0.25, 0.3) is 0 Å². The molecule has 1 unspecified atom stereocenters. The van der Waals surface area contributed by atoms with Gasteiger partial charge in [-0.2, -0.15) is 5.10 Å². The van der Waals surface area contributed by atoms with Crippen LogP contribution in [-0.4, -0.2) is 26.7 Å². The van der Waals surface area contributed by atoms with E-state index in [2.05, 4.69) is 25.5 Å². The zero-order valence-electron chi connectivity index (χ0n) is 9.52. The van der Waals surface area contributed by atoms with Crippen molar-refractivity contribution < 1.29 is 0 Å². The van der Waals surface area contributed by atoms with Crippen LogP contribution in [0, 0.1) is 0 Å². The maximum absolute atomic E-state index is 4.55. The molecule has 2 aromatic rings. The summed E-state index contributed by atoms with van der Waals surface area (Å²) < 4.78 is 0. The van der Waals surface area contributed by atoms with Gasteiger partial charge in [-0.1, -0.05) is 6.42 Å². The van der Waals surface area contributed by atoms with Gasteiger partial charge in [-0.15, -0.1) is 11.3 Å². The van der Waals surface area contributed by atoms with Crippen molar-refractivity contribution in [1.29, 1.82) is 0 Å². The van der Waals surface area contributed by atoms with Gasteiger partial charge in [0.25, 0.3) is 0 Å². The minimum atomic E-state index is 0.324. The Morgan fingerprint density at radius 1 is 1.41 bits per heavy atom. The van der Waals surface area contributed by atoms with E-state index in [9.17, 15) is 0 Å². The molecule has 0 aromatic carbocycles. The zero-order chi connectivity index (χ0) is 11.5. The Kier molecular flexibility index (Phi) is 3.15. The first-order valence-electron chi connectivity index (χ1n) is 5.95. The van der Waals surface area contributed by atoms with Crippen LogP contribution in [0.3, 0.4) is 0 Å². The lowest BCUT2D eigenvalue weighted by Gasteiger charge is -2.20. The van der Waals surface area contributed by atoms with E-state index in [1.165, 1.54) is 12.8 Å². The highest BCUT2D eigenvalue weighted by molar-refractivity contribution is 7.09. The van der Waals surface area contributed by atoms with Gasteiger partial charge in [0.15, 0.2) is 5.82 Å². The van der Waals surface area contributed by atoms with Gasteiger partial charge in [0, 0.05) is 11.6 Å². The number of H-pyrrole nitrogens is 1. The van der Waals surface area contributed by atoms with Crippen molar-refractivity contribution >= 4 is 11.3 Å². The third kappa shape index (κ3) is 2.53. The Morgan fingerprint density at radius 3 is 3.18 bits per heavy atom. The number of hydrogen-bond donors (Lipinski definition) is 2. The van der Waals surface area contributed by atoms with Crippen LogP contribution in [0.4, 0.5) is 0 Å². The molecular formula is C11H15N5S. The van der Waals surface area contributed by atoms with Gasteiger partial charge in [-0.25, -0.2) is 9.97 Å². The summed E-state index contributed by atoms with van der Waals surface area (Å²) in [5.74, 6) is 1.80. The second-order valence-electron chi connectivity index (χ2n) is 4.25.